The third-order valence-corrected chi connectivity index (χ3v) is 2.91. The van der Waals surface area contributed by atoms with Crippen LogP contribution in [0.2, 0.25) is 0 Å². The van der Waals surface area contributed by atoms with Gasteiger partial charge in [-0.3, -0.25) is 4.21 Å². The maximum absolute atomic E-state index is 10.9. The lowest BCUT2D eigenvalue weighted by Crippen LogP contribution is -1.94. The highest BCUT2D eigenvalue weighted by Gasteiger charge is 2.38. The maximum Gasteiger partial charge on any atom is 0.230 e. The highest BCUT2D eigenvalue weighted by atomic mass is 32.2. The molecule has 0 spiro atoms. The average Bonchev–Trinajstić information content (AvgIpc) is 2.60. The molecule has 1 saturated carbocycles. The number of nitrogens with zero attached hydrogens (tertiary/aromatic N) is 2. The summed E-state index contributed by atoms with van der Waals surface area (Å²) < 4.78 is 15.9. The van der Waals surface area contributed by atoms with Crippen molar-refractivity contribution < 1.29 is 8.73 Å². The van der Waals surface area contributed by atoms with Gasteiger partial charge >= 0.3 is 0 Å². The number of rotatable bonds is 3. The van der Waals surface area contributed by atoms with E-state index in [4.69, 9.17) is 4.52 Å². The molecule has 3 atom stereocenters. The van der Waals surface area contributed by atoms with E-state index in [9.17, 15) is 4.21 Å². The minimum atomic E-state index is -0.890. The van der Waals surface area contributed by atoms with Crippen molar-refractivity contribution in [2.75, 3.05) is 6.26 Å². The van der Waals surface area contributed by atoms with Crippen LogP contribution in [0.4, 0.5) is 0 Å². The van der Waals surface area contributed by atoms with Crippen LogP contribution in [0.25, 0.3) is 0 Å². The first-order valence-corrected chi connectivity index (χ1v) is 6.02. The van der Waals surface area contributed by atoms with Crippen molar-refractivity contribution in [2.24, 2.45) is 5.92 Å². The van der Waals surface area contributed by atoms with E-state index in [-0.39, 0.29) is 0 Å². The molecule has 1 aliphatic rings. The molecule has 2 rings (SSSR count). The van der Waals surface area contributed by atoms with Gasteiger partial charge < -0.3 is 4.52 Å². The molecule has 1 aliphatic carbocycles. The quantitative estimate of drug-likeness (QED) is 0.732. The largest absolute Gasteiger partial charge is 0.339 e. The van der Waals surface area contributed by atoms with Gasteiger partial charge in [0.15, 0.2) is 5.82 Å². The van der Waals surface area contributed by atoms with Gasteiger partial charge in [-0.2, -0.15) is 4.98 Å². The van der Waals surface area contributed by atoms with Gasteiger partial charge in [0.05, 0.1) is 5.75 Å². The molecule has 13 heavy (non-hydrogen) atoms. The van der Waals surface area contributed by atoms with Gasteiger partial charge in [0, 0.05) is 23.0 Å². The van der Waals surface area contributed by atoms with Gasteiger partial charge in [-0.15, -0.1) is 0 Å². The summed E-state index contributed by atoms with van der Waals surface area (Å²) in [4.78, 5) is 4.19. The Morgan fingerprint density at radius 3 is 2.92 bits per heavy atom. The Labute approximate surface area is 79.2 Å². The van der Waals surface area contributed by atoms with Gasteiger partial charge in [0.1, 0.15) is 0 Å². The van der Waals surface area contributed by atoms with Gasteiger partial charge in [-0.25, -0.2) is 0 Å². The minimum Gasteiger partial charge on any atom is -0.339 e. The molecule has 0 aliphatic heterocycles. The molecule has 72 valence electrons. The Kier molecular flexibility index (Phi) is 2.19. The Bertz CT molecular complexity index is 337. The summed E-state index contributed by atoms with van der Waals surface area (Å²) in [7, 11) is -0.890. The van der Waals surface area contributed by atoms with Crippen LogP contribution in [0.15, 0.2) is 4.52 Å². The van der Waals surface area contributed by atoms with E-state index in [1.165, 1.54) is 0 Å². The van der Waals surface area contributed by atoms with Crippen LogP contribution in [0.1, 0.15) is 31.0 Å². The molecule has 1 fully saturated rings. The molecule has 0 amide bonds. The lowest BCUT2D eigenvalue weighted by atomic mass is 10.3. The fourth-order valence-electron chi connectivity index (χ4n) is 1.32. The Hall–Kier alpha value is -0.710. The van der Waals surface area contributed by atoms with Crippen LogP contribution in [-0.4, -0.2) is 20.6 Å². The summed E-state index contributed by atoms with van der Waals surface area (Å²) in [6.45, 7) is 2.16. The van der Waals surface area contributed by atoms with Gasteiger partial charge in [-0.05, 0) is 12.3 Å². The smallest absolute Gasteiger partial charge is 0.230 e. The predicted octanol–water partition coefficient (Wildman–Crippen LogP) is 1.07. The molecule has 0 saturated heterocycles. The molecule has 0 N–H and O–H groups in total. The summed E-state index contributed by atoms with van der Waals surface area (Å²) in [5.41, 5.74) is 0. The summed E-state index contributed by atoms with van der Waals surface area (Å²) in [6, 6.07) is 0. The molecule has 5 heteroatoms. The van der Waals surface area contributed by atoms with Crippen molar-refractivity contribution in [1.29, 1.82) is 0 Å². The van der Waals surface area contributed by atoms with Gasteiger partial charge in [0.2, 0.25) is 5.89 Å². The molecule has 4 nitrogen and oxygen atoms in total. The summed E-state index contributed by atoms with van der Waals surface area (Å²) >= 11 is 0. The zero-order valence-electron chi connectivity index (χ0n) is 7.69. The first kappa shape index (κ1) is 8.87. The van der Waals surface area contributed by atoms with Crippen molar-refractivity contribution in [3.05, 3.63) is 11.7 Å². The zero-order chi connectivity index (χ0) is 9.42. The van der Waals surface area contributed by atoms with Crippen LogP contribution in [0, 0.1) is 5.92 Å². The minimum absolute atomic E-state index is 0.393. The van der Waals surface area contributed by atoms with Crippen LogP contribution in [0.5, 0.6) is 0 Å². The normalized spacial score (nSPS) is 28.8. The molecule has 0 bridgehead atoms. The topological polar surface area (TPSA) is 56.0 Å². The maximum atomic E-state index is 10.9. The second-order valence-corrected chi connectivity index (χ2v) is 5.02. The van der Waals surface area contributed by atoms with E-state index >= 15 is 0 Å². The standard InChI is InChI=1S/C8H12N2O2S/c1-5-3-6(5)8-9-7(10-12-8)4-13(2)11/h5-6H,3-4H2,1-2H3. The van der Waals surface area contributed by atoms with Crippen molar-refractivity contribution in [3.8, 4) is 0 Å². The Morgan fingerprint density at radius 2 is 2.38 bits per heavy atom. The second-order valence-electron chi connectivity index (χ2n) is 3.59. The molecule has 1 heterocycles. The first-order valence-electron chi connectivity index (χ1n) is 4.29. The Balaban J connectivity index is 2.05. The zero-order valence-corrected chi connectivity index (χ0v) is 8.50. The molecule has 3 unspecified atom stereocenters. The van der Waals surface area contributed by atoms with E-state index in [0.29, 0.717) is 29.3 Å². The third kappa shape index (κ3) is 1.96. The lowest BCUT2D eigenvalue weighted by Gasteiger charge is -1.85. The van der Waals surface area contributed by atoms with E-state index in [0.717, 1.165) is 6.42 Å². The van der Waals surface area contributed by atoms with Crippen molar-refractivity contribution in [2.45, 2.75) is 25.0 Å². The fraction of sp³-hybridized carbons (Fsp3) is 0.750. The summed E-state index contributed by atoms with van der Waals surface area (Å²) in [5, 5.41) is 3.77. The van der Waals surface area contributed by atoms with Crippen LogP contribution >= 0.6 is 0 Å². The van der Waals surface area contributed by atoms with Crippen LogP contribution < -0.4 is 0 Å². The Morgan fingerprint density at radius 1 is 1.69 bits per heavy atom. The summed E-state index contributed by atoms with van der Waals surface area (Å²) in [5.74, 6) is 2.79. The van der Waals surface area contributed by atoms with E-state index < -0.39 is 10.8 Å². The first-order chi connectivity index (χ1) is 6.16. The van der Waals surface area contributed by atoms with E-state index in [1.54, 1.807) is 6.26 Å². The molecule has 0 aromatic carbocycles. The molecular weight excluding hydrogens is 188 g/mol. The highest BCUT2D eigenvalue weighted by Crippen LogP contribution is 2.45. The van der Waals surface area contributed by atoms with Crippen LogP contribution in [0.3, 0.4) is 0 Å². The highest BCUT2D eigenvalue weighted by molar-refractivity contribution is 7.83. The second kappa shape index (κ2) is 3.21. The van der Waals surface area contributed by atoms with Crippen molar-refractivity contribution >= 4 is 10.8 Å². The lowest BCUT2D eigenvalue weighted by molar-refractivity contribution is 0.372. The number of hydrogen-bond acceptors (Lipinski definition) is 4. The molecule has 1 aromatic heterocycles. The average molecular weight is 200 g/mol. The molecule has 0 radical (unpaired) electrons. The van der Waals surface area contributed by atoms with Crippen LogP contribution in [-0.2, 0) is 16.6 Å². The number of aromatic nitrogens is 2. The number of hydrogen-bond donors (Lipinski definition) is 0. The van der Waals surface area contributed by atoms with E-state index in [1.807, 2.05) is 0 Å². The van der Waals surface area contributed by atoms with Crippen molar-refractivity contribution in [1.82, 2.24) is 10.1 Å². The monoisotopic (exact) mass is 200 g/mol. The summed E-state index contributed by atoms with van der Waals surface area (Å²) in [6.07, 6.45) is 2.77. The van der Waals surface area contributed by atoms with E-state index in [2.05, 4.69) is 17.1 Å². The van der Waals surface area contributed by atoms with Crippen molar-refractivity contribution in [3.63, 3.8) is 0 Å². The molecule has 1 aromatic rings. The van der Waals surface area contributed by atoms with Gasteiger partial charge in [-0.1, -0.05) is 12.1 Å². The SMILES string of the molecule is CC1CC1c1nc(CS(C)=O)no1. The fourth-order valence-corrected chi connectivity index (χ4v) is 1.81. The molecular formula is C8H12N2O2S. The predicted molar refractivity (Wildman–Crippen MR) is 48.6 cm³/mol. The van der Waals surface area contributed by atoms with Gasteiger partial charge in [0.25, 0.3) is 0 Å². The third-order valence-electron chi connectivity index (χ3n) is 2.24.